The predicted octanol–water partition coefficient (Wildman–Crippen LogP) is 0.108. The lowest BCUT2D eigenvalue weighted by atomic mass is 10.5. The number of hydrogen-bond donors (Lipinski definition) is 2. The van der Waals surface area contributed by atoms with Gasteiger partial charge in [-0.3, -0.25) is 4.72 Å². The number of rotatable bonds is 4. The monoisotopic (exact) mass is 268 g/mol. The number of aryl methyl sites for hydroxylation is 1. The van der Waals surface area contributed by atoms with Crippen molar-refractivity contribution >= 4 is 15.8 Å². The zero-order valence-corrected chi connectivity index (χ0v) is 10.4. The number of aliphatic hydroxyl groups is 1. The molecule has 2 heterocycles. The van der Waals surface area contributed by atoms with Crippen LogP contribution in [0.15, 0.2) is 35.5 Å². The van der Waals surface area contributed by atoms with Crippen molar-refractivity contribution in [3.8, 4) is 0 Å². The highest BCUT2D eigenvalue weighted by Gasteiger charge is 2.18. The van der Waals surface area contributed by atoms with Crippen LogP contribution >= 0.6 is 0 Å². The van der Waals surface area contributed by atoms with Gasteiger partial charge in [-0.25, -0.2) is 8.42 Å². The van der Waals surface area contributed by atoms with Gasteiger partial charge in [-0.15, -0.1) is 5.10 Å². The average Bonchev–Trinajstić information content (AvgIpc) is 2.72. The van der Waals surface area contributed by atoms with Gasteiger partial charge in [-0.05, 0) is 18.2 Å². The molecule has 0 fully saturated rings. The Labute approximate surface area is 104 Å². The summed E-state index contributed by atoms with van der Waals surface area (Å²) in [5.41, 5.74) is 0.509. The normalized spacial score (nSPS) is 11.4. The van der Waals surface area contributed by atoms with Crippen molar-refractivity contribution in [1.82, 2.24) is 14.8 Å². The molecule has 2 aromatic rings. The van der Waals surface area contributed by atoms with Gasteiger partial charge in [0.15, 0.2) is 5.82 Å². The first-order valence-corrected chi connectivity index (χ1v) is 6.58. The molecule has 0 unspecified atom stereocenters. The fourth-order valence-corrected chi connectivity index (χ4v) is 2.52. The Morgan fingerprint density at radius 3 is 2.83 bits per heavy atom. The van der Waals surface area contributed by atoms with E-state index in [9.17, 15) is 8.42 Å². The maximum Gasteiger partial charge on any atom is 0.264 e. The molecule has 2 rings (SSSR count). The summed E-state index contributed by atoms with van der Waals surface area (Å²) in [6.07, 6.45) is 2.87. The first kappa shape index (κ1) is 12.5. The zero-order chi connectivity index (χ0) is 13.2. The fourth-order valence-electron chi connectivity index (χ4n) is 1.43. The number of anilines is 1. The van der Waals surface area contributed by atoms with Crippen LogP contribution in [0.3, 0.4) is 0 Å². The summed E-state index contributed by atoms with van der Waals surface area (Å²) in [6, 6.07) is 4.48. The molecule has 2 aromatic heterocycles. The van der Waals surface area contributed by atoms with Crippen molar-refractivity contribution in [2.24, 2.45) is 7.05 Å². The van der Waals surface area contributed by atoms with Gasteiger partial charge in [-0.1, -0.05) is 0 Å². The smallest absolute Gasteiger partial charge is 0.264 e. The summed E-state index contributed by atoms with van der Waals surface area (Å²) < 4.78 is 27.9. The quantitative estimate of drug-likeness (QED) is 0.820. The third-order valence-electron chi connectivity index (χ3n) is 2.37. The zero-order valence-electron chi connectivity index (χ0n) is 9.61. The lowest BCUT2D eigenvalue weighted by Gasteiger charge is -2.03. The number of hydrogen-bond acceptors (Lipinski definition) is 5. The summed E-state index contributed by atoms with van der Waals surface area (Å²) >= 11 is 0. The predicted molar refractivity (Wildman–Crippen MR) is 64.2 cm³/mol. The number of nitrogens with zero attached hydrogens (tertiary/aromatic N) is 3. The van der Waals surface area contributed by atoms with Crippen molar-refractivity contribution in [2.45, 2.75) is 11.5 Å². The Morgan fingerprint density at radius 2 is 2.28 bits per heavy atom. The topological polar surface area (TPSA) is 97.1 Å². The van der Waals surface area contributed by atoms with Crippen LogP contribution in [-0.4, -0.2) is 28.3 Å². The SMILES string of the molecule is Cn1cc(S(=O)(=O)Nc2cccnn2)cc1CO. The molecule has 0 saturated heterocycles. The summed E-state index contributed by atoms with van der Waals surface area (Å²) in [4.78, 5) is 0.0692. The molecule has 2 N–H and O–H groups in total. The molecule has 0 amide bonds. The summed E-state index contributed by atoms with van der Waals surface area (Å²) in [5.74, 6) is 0.145. The molecular formula is C10H12N4O3S. The van der Waals surface area contributed by atoms with Gasteiger partial charge in [0.25, 0.3) is 10.0 Å². The van der Waals surface area contributed by atoms with Gasteiger partial charge < -0.3 is 9.67 Å². The number of aliphatic hydroxyl groups excluding tert-OH is 1. The number of sulfonamides is 1. The van der Waals surface area contributed by atoms with Crippen molar-refractivity contribution in [3.05, 3.63) is 36.3 Å². The molecule has 96 valence electrons. The second-order valence-electron chi connectivity index (χ2n) is 3.65. The molecule has 0 aliphatic heterocycles. The third kappa shape index (κ3) is 2.49. The fraction of sp³-hybridized carbons (Fsp3) is 0.200. The Kier molecular flexibility index (Phi) is 3.30. The van der Waals surface area contributed by atoms with Crippen LogP contribution in [0.2, 0.25) is 0 Å². The molecule has 0 aliphatic carbocycles. The van der Waals surface area contributed by atoms with E-state index in [0.29, 0.717) is 5.69 Å². The lowest BCUT2D eigenvalue weighted by molar-refractivity contribution is 0.272. The molecule has 0 spiro atoms. The Balaban J connectivity index is 2.31. The van der Waals surface area contributed by atoms with Gasteiger partial charge in [0.2, 0.25) is 0 Å². The number of aromatic nitrogens is 3. The van der Waals surface area contributed by atoms with Crippen LogP contribution in [0.1, 0.15) is 5.69 Å². The highest BCUT2D eigenvalue weighted by Crippen LogP contribution is 2.16. The van der Waals surface area contributed by atoms with Crippen LogP contribution in [0.5, 0.6) is 0 Å². The highest BCUT2D eigenvalue weighted by atomic mass is 32.2. The van der Waals surface area contributed by atoms with E-state index in [4.69, 9.17) is 5.11 Å². The van der Waals surface area contributed by atoms with Crippen molar-refractivity contribution in [3.63, 3.8) is 0 Å². The van der Waals surface area contributed by atoms with E-state index in [0.717, 1.165) is 0 Å². The highest BCUT2D eigenvalue weighted by molar-refractivity contribution is 7.92. The number of nitrogens with one attached hydrogen (secondary N) is 1. The van der Waals surface area contributed by atoms with Crippen LogP contribution in [0.25, 0.3) is 0 Å². The van der Waals surface area contributed by atoms with Crippen molar-refractivity contribution in [2.75, 3.05) is 4.72 Å². The molecule has 0 aliphatic rings. The largest absolute Gasteiger partial charge is 0.390 e. The maximum absolute atomic E-state index is 12.0. The van der Waals surface area contributed by atoms with E-state index in [2.05, 4.69) is 14.9 Å². The van der Waals surface area contributed by atoms with E-state index >= 15 is 0 Å². The van der Waals surface area contributed by atoms with Gasteiger partial charge in [-0.2, -0.15) is 5.10 Å². The molecule has 0 aromatic carbocycles. The minimum atomic E-state index is -3.71. The summed E-state index contributed by atoms with van der Waals surface area (Å²) in [7, 11) is -2.05. The van der Waals surface area contributed by atoms with E-state index in [1.807, 2.05) is 0 Å². The molecule has 0 atom stereocenters. The third-order valence-corrected chi connectivity index (χ3v) is 3.69. The van der Waals surface area contributed by atoms with Crippen molar-refractivity contribution in [1.29, 1.82) is 0 Å². The van der Waals surface area contributed by atoms with Crippen LogP contribution in [0.4, 0.5) is 5.82 Å². The van der Waals surface area contributed by atoms with Gasteiger partial charge in [0, 0.05) is 25.1 Å². The Hall–Kier alpha value is -1.93. The Morgan fingerprint density at radius 1 is 1.50 bits per heavy atom. The summed E-state index contributed by atoms with van der Waals surface area (Å²) in [6.45, 7) is -0.225. The van der Waals surface area contributed by atoms with E-state index in [1.54, 1.807) is 17.7 Å². The minimum absolute atomic E-state index is 0.0692. The van der Waals surface area contributed by atoms with Crippen LogP contribution in [0, 0.1) is 0 Å². The molecule has 8 heteroatoms. The minimum Gasteiger partial charge on any atom is -0.390 e. The standard InChI is InChI=1S/C10H12N4O3S/c1-14-6-9(5-8(14)7-15)18(16,17)13-10-3-2-4-11-12-10/h2-6,15H,7H2,1H3,(H,12,13). The van der Waals surface area contributed by atoms with Crippen LogP contribution in [-0.2, 0) is 23.7 Å². The first-order chi connectivity index (χ1) is 8.53. The summed E-state index contributed by atoms with van der Waals surface area (Å²) in [5, 5.41) is 16.3. The molecule has 0 bridgehead atoms. The molecule has 0 saturated carbocycles. The van der Waals surface area contributed by atoms with Crippen LogP contribution < -0.4 is 4.72 Å². The molecule has 7 nitrogen and oxygen atoms in total. The van der Waals surface area contributed by atoms with Gasteiger partial charge in [0.05, 0.1) is 6.61 Å². The molecule has 0 radical (unpaired) electrons. The second kappa shape index (κ2) is 4.75. The molecular weight excluding hydrogens is 256 g/mol. The van der Waals surface area contributed by atoms with E-state index in [-0.39, 0.29) is 17.3 Å². The van der Waals surface area contributed by atoms with E-state index in [1.165, 1.54) is 24.5 Å². The lowest BCUT2D eigenvalue weighted by Crippen LogP contribution is -2.13. The average molecular weight is 268 g/mol. The maximum atomic E-state index is 12.0. The van der Waals surface area contributed by atoms with Gasteiger partial charge in [0.1, 0.15) is 4.90 Å². The molecule has 18 heavy (non-hydrogen) atoms. The van der Waals surface area contributed by atoms with Gasteiger partial charge >= 0.3 is 0 Å². The second-order valence-corrected chi connectivity index (χ2v) is 5.33. The van der Waals surface area contributed by atoms with E-state index < -0.39 is 10.0 Å². The Bertz CT molecular complexity index is 636. The first-order valence-electron chi connectivity index (χ1n) is 5.09. The van der Waals surface area contributed by atoms with Crippen molar-refractivity contribution < 1.29 is 13.5 Å².